The van der Waals surface area contributed by atoms with Crippen molar-refractivity contribution in [3.63, 3.8) is 0 Å². The van der Waals surface area contributed by atoms with Crippen LogP contribution in [0.1, 0.15) is 11.1 Å². The van der Waals surface area contributed by atoms with Gasteiger partial charge < -0.3 is 10.5 Å². The van der Waals surface area contributed by atoms with Crippen molar-refractivity contribution >= 4 is 15.9 Å². The molecule has 0 aliphatic rings. The summed E-state index contributed by atoms with van der Waals surface area (Å²) in [6, 6.07) is 3.32. The molecule has 0 atom stereocenters. The molecule has 0 amide bonds. The van der Waals surface area contributed by atoms with Crippen LogP contribution < -0.4 is 10.5 Å². The lowest BCUT2D eigenvalue weighted by Gasteiger charge is -2.10. The smallest absolute Gasteiger partial charge is 0.176 e. The number of nitrogens with two attached hydrogens (primary N) is 1. The van der Waals surface area contributed by atoms with Crippen LogP contribution in [0.3, 0.4) is 0 Å². The van der Waals surface area contributed by atoms with E-state index in [1.165, 1.54) is 6.26 Å². The van der Waals surface area contributed by atoms with Gasteiger partial charge in [-0.25, -0.2) is 8.42 Å². The molecule has 5 heteroatoms. The third kappa shape index (κ3) is 3.31. The van der Waals surface area contributed by atoms with E-state index in [-0.39, 0.29) is 0 Å². The number of sulfone groups is 1. The number of hydrogen-bond acceptors (Lipinski definition) is 4. The minimum atomic E-state index is -3.26. The number of hydrogen-bond donors (Lipinski definition) is 1. The molecule has 0 saturated heterocycles. The highest BCUT2D eigenvalue weighted by Crippen LogP contribution is 2.27. The lowest BCUT2D eigenvalue weighted by atomic mass is 10.1. The SMILES string of the molecule is COc1cc(/C=C/CN)c(S(C)(=O)=O)cc1C. The van der Waals surface area contributed by atoms with Gasteiger partial charge in [-0.3, -0.25) is 0 Å². The number of aryl methyl sites for hydroxylation is 1. The van der Waals surface area contributed by atoms with Crippen LogP contribution in [-0.2, 0) is 9.84 Å². The minimum Gasteiger partial charge on any atom is -0.496 e. The molecule has 0 aliphatic carbocycles. The molecule has 4 nitrogen and oxygen atoms in total. The average molecular weight is 255 g/mol. The molecule has 1 rings (SSSR count). The van der Waals surface area contributed by atoms with Crippen molar-refractivity contribution in [3.8, 4) is 5.75 Å². The van der Waals surface area contributed by atoms with E-state index < -0.39 is 9.84 Å². The lowest BCUT2D eigenvalue weighted by molar-refractivity contribution is 0.411. The van der Waals surface area contributed by atoms with Crippen LogP contribution in [-0.4, -0.2) is 28.3 Å². The second-order valence-electron chi connectivity index (χ2n) is 3.77. The Bertz CT molecular complexity index is 533. The second kappa shape index (κ2) is 5.33. The zero-order valence-corrected chi connectivity index (χ0v) is 11.0. The first-order valence-corrected chi connectivity index (χ1v) is 7.04. The van der Waals surface area contributed by atoms with Crippen molar-refractivity contribution in [1.82, 2.24) is 0 Å². The van der Waals surface area contributed by atoms with Crippen molar-refractivity contribution in [2.24, 2.45) is 5.73 Å². The van der Waals surface area contributed by atoms with E-state index in [9.17, 15) is 8.42 Å². The standard InChI is InChI=1S/C12H17NO3S/c1-9-7-12(17(3,14)15)10(5-4-6-13)8-11(9)16-2/h4-5,7-8H,6,13H2,1-3H3/b5-4+. The third-order valence-corrected chi connectivity index (χ3v) is 3.51. The van der Waals surface area contributed by atoms with Gasteiger partial charge in [0.25, 0.3) is 0 Å². The van der Waals surface area contributed by atoms with Gasteiger partial charge in [0.2, 0.25) is 0 Å². The summed E-state index contributed by atoms with van der Waals surface area (Å²) in [5, 5.41) is 0. The second-order valence-corrected chi connectivity index (χ2v) is 5.75. The molecule has 94 valence electrons. The summed E-state index contributed by atoms with van der Waals surface area (Å²) in [4.78, 5) is 0.292. The van der Waals surface area contributed by atoms with Crippen molar-refractivity contribution in [2.75, 3.05) is 19.9 Å². The Morgan fingerprint density at radius 2 is 2.06 bits per heavy atom. The van der Waals surface area contributed by atoms with E-state index in [4.69, 9.17) is 10.5 Å². The van der Waals surface area contributed by atoms with Crippen LogP contribution in [0.25, 0.3) is 6.08 Å². The number of benzene rings is 1. The van der Waals surface area contributed by atoms with Gasteiger partial charge in [0, 0.05) is 12.8 Å². The molecular weight excluding hydrogens is 238 g/mol. The Labute approximate surface area is 102 Å². The quantitative estimate of drug-likeness (QED) is 0.882. The van der Waals surface area contributed by atoms with E-state index in [2.05, 4.69) is 0 Å². The Kier molecular flexibility index (Phi) is 4.31. The van der Waals surface area contributed by atoms with Gasteiger partial charge in [-0.1, -0.05) is 12.2 Å². The van der Waals surface area contributed by atoms with Gasteiger partial charge in [0.05, 0.1) is 12.0 Å². The molecule has 0 spiro atoms. The molecule has 1 aromatic carbocycles. The largest absolute Gasteiger partial charge is 0.496 e. The first kappa shape index (κ1) is 13.7. The zero-order chi connectivity index (χ0) is 13.1. The Balaban J connectivity index is 3.47. The summed E-state index contributed by atoms with van der Waals surface area (Å²) < 4.78 is 28.5. The van der Waals surface area contributed by atoms with E-state index >= 15 is 0 Å². The molecule has 17 heavy (non-hydrogen) atoms. The summed E-state index contributed by atoms with van der Waals surface area (Å²) in [6.07, 6.45) is 4.59. The van der Waals surface area contributed by atoms with Gasteiger partial charge in [0.1, 0.15) is 5.75 Å². The Hall–Kier alpha value is -1.33. The summed E-state index contributed by atoms with van der Waals surface area (Å²) >= 11 is 0. The van der Waals surface area contributed by atoms with Crippen LogP contribution in [0.5, 0.6) is 5.75 Å². The number of methoxy groups -OCH3 is 1. The van der Waals surface area contributed by atoms with Crippen molar-refractivity contribution in [3.05, 3.63) is 29.3 Å². The van der Waals surface area contributed by atoms with Crippen molar-refractivity contribution in [1.29, 1.82) is 0 Å². The van der Waals surface area contributed by atoms with Crippen molar-refractivity contribution < 1.29 is 13.2 Å². The molecule has 0 radical (unpaired) electrons. The van der Waals surface area contributed by atoms with Gasteiger partial charge in [-0.05, 0) is 30.2 Å². The van der Waals surface area contributed by atoms with Gasteiger partial charge >= 0.3 is 0 Å². The highest BCUT2D eigenvalue weighted by Gasteiger charge is 2.14. The van der Waals surface area contributed by atoms with Gasteiger partial charge in [0.15, 0.2) is 9.84 Å². The first-order chi connectivity index (χ1) is 7.90. The molecule has 2 N–H and O–H groups in total. The highest BCUT2D eigenvalue weighted by atomic mass is 32.2. The molecular formula is C12H17NO3S. The maximum Gasteiger partial charge on any atom is 0.176 e. The molecule has 0 fully saturated rings. The Morgan fingerprint density at radius 1 is 1.41 bits per heavy atom. The summed E-state index contributed by atoms with van der Waals surface area (Å²) in [5.74, 6) is 0.661. The van der Waals surface area contributed by atoms with Gasteiger partial charge in [-0.15, -0.1) is 0 Å². The maximum absolute atomic E-state index is 11.7. The van der Waals surface area contributed by atoms with E-state index in [0.29, 0.717) is 22.8 Å². The van der Waals surface area contributed by atoms with E-state index in [1.807, 2.05) is 6.92 Å². The summed E-state index contributed by atoms with van der Waals surface area (Å²) in [7, 11) is -1.70. The topological polar surface area (TPSA) is 69.4 Å². The van der Waals surface area contributed by atoms with Crippen LogP contribution in [0, 0.1) is 6.92 Å². The highest BCUT2D eigenvalue weighted by molar-refractivity contribution is 7.90. The fraction of sp³-hybridized carbons (Fsp3) is 0.333. The van der Waals surface area contributed by atoms with Crippen LogP contribution in [0.15, 0.2) is 23.1 Å². The molecule has 0 unspecified atom stereocenters. The average Bonchev–Trinajstić information content (AvgIpc) is 2.25. The van der Waals surface area contributed by atoms with Crippen LogP contribution in [0.4, 0.5) is 0 Å². The molecule has 1 aromatic rings. The molecule has 0 saturated carbocycles. The molecule has 0 bridgehead atoms. The Morgan fingerprint density at radius 3 is 2.53 bits per heavy atom. The fourth-order valence-corrected chi connectivity index (χ4v) is 2.49. The maximum atomic E-state index is 11.7. The fourth-order valence-electron chi connectivity index (χ4n) is 1.54. The van der Waals surface area contributed by atoms with Crippen LogP contribution >= 0.6 is 0 Å². The molecule has 0 heterocycles. The van der Waals surface area contributed by atoms with Crippen LogP contribution in [0.2, 0.25) is 0 Å². The monoisotopic (exact) mass is 255 g/mol. The van der Waals surface area contributed by atoms with Gasteiger partial charge in [-0.2, -0.15) is 0 Å². The number of rotatable bonds is 4. The predicted molar refractivity (Wildman–Crippen MR) is 68.9 cm³/mol. The van der Waals surface area contributed by atoms with E-state index in [0.717, 1.165) is 5.56 Å². The predicted octanol–water partition coefficient (Wildman–Crippen LogP) is 1.38. The van der Waals surface area contributed by atoms with Crippen molar-refractivity contribution in [2.45, 2.75) is 11.8 Å². The number of ether oxygens (including phenoxy) is 1. The molecule has 0 aliphatic heterocycles. The minimum absolute atomic E-state index is 0.292. The summed E-state index contributed by atoms with van der Waals surface area (Å²) in [6.45, 7) is 2.17. The summed E-state index contributed by atoms with van der Waals surface area (Å²) in [5.41, 5.74) is 6.76. The lowest BCUT2D eigenvalue weighted by Crippen LogP contribution is -2.02. The molecule has 0 aromatic heterocycles. The zero-order valence-electron chi connectivity index (χ0n) is 10.2. The third-order valence-electron chi connectivity index (χ3n) is 2.36. The van der Waals surface area contributed by atoms with E-state index in [1.54, 1.807) is 31.4 Å². The first-order valence-electron chi connectivity index (χ1n) is 5.15. The normalized spacial score (nSPS) is 12.0.